The molecule has 0 fully saturated rings. The third-order valence-electron chi connectivity index (χ3n) is 5.28. The lowest BCUT2D eigenvalue weighted by Crippen LogP contribution is -2.22. The number of pyridine rings is 1. The highest BCUT2D eigenvalue weighted by Crippen LogP contribution is 2.40. The molecule has 11 nitrogen and oxygen atoms in total. The van der Waals surface area contributed by atoms with Crippen LogP contribution in [0.1, 0.15) is 29.3 Å². The Bertz CT molecular complexity index is 1360. The third-order valence-corrected chi connectivity index (χ3v) is 6.53. The van der Waals surface area contributed by atoms with E-state index in [1.807, 2.05) is 0 Å². The van der Waals surface area contributed by atoms with Gasteiger partial charge < -0.3 is 4.74 Å². The van der Waals surface area contributed by atoms with Crippen LogP contribution in [0.4, 0.5) is 27.0 Å². The van der Waals surface area contributed by atoms with E-state index in [-0.39, 0.29) is 34.6 Å². The van der Waals surface area contributed by atoms with Gasteiger partial charge in [0.15, 0.2) is 0 Å². The summed E-state index contributed by atoms with van der Waals surface area (Å²) in [5.74, 6) is -0.424. The molecule has 2 N–H and O–H groups in total. The number of carbonyl (C=O) groups is 3. The van der Waals surface area contributed by atoms with Crippen LogP contribution in [-0.4, -0.2) is 34.4 Å². The van der Waals surface area contributed by atoms with Crippen LogP contribution in [0.25, 0.3) is 10.4 Å². The van der Waals surface area contributed by atoms with Crippen molar-refractivity contribution in [1.29, 1.82) is 0 Å². The van der Waals surface area contributed by atoms with Crippen molar-refractivity contribution in [1.82, 2.24) is 4.98 Å². The summed E-state index contributed by atoms with van der Waals surface area (Å²) in [4.78, 5) is 54.0. The highest BCUT2D eigenvalue weighted by atomic mass is 32.1. The SMILES string of the molecule is CCOC(=O)c1c(NC(=O)Nc2ccc(N3C=CCC3=O)cn2)sc(-c2ccc([N+](=O)[O-])cc2)c1C. The monoisotopic (exact) mass is 507 g/mol. The van der Waals surface area contributed by atoms with Gasteiger partial charge in [0.1, 0.15) is 10.8 Å². The van der Waals surface area contributed by atoms with Crippen molar-refractivity contribution in [3.05, 3.63) is 76.1 Å². The number of anilines is 3. The first-order chi connectivity index (χ1) is 17.3. The minimum Gasteiger partial charge on any atom is -0.462 e. The number of non-ortho nitro benzene ring substituents is 1. The van der Waals surface area contributed by atoms with Crippen molar-refractivity contribution >= 4 is 51.4 Å². The zero-order valence-corrected chi connectivity index (χ0v) is 20.1. The Morgan fingerprint density at radius 3 is 2.53 bits per heavy atom. The van der Waals surface area contributed by atoms with E-state index in [1.165, 1.54) is 23.2 Å². The molecule has 0 spiro atoms. The number of nitro groups is 1. The lowest BCUT2D eigenvalue weighted by molar-refractivity contribution is -0.384. The molecule has 0 radical (unpaired) electrons. The van der Waals surface area contributed by atoms with Gasteiger partial charge in [0.25, 0.3) is 5.69 Å². The fourth-order valence-electron chi connectivity index (χ4n) is 3.58. The van der Waals surface area contributed by atoms with Crippen molar-refractivity contribution in [2.24, 2.45) is 0 Å². The van der Waals surface area contributed by atoms with Crippen molar-refractivity contribution in [2.75, 3.05) is 22.1 Å². The number of benzene rings is 1. The highest BCUT2D eigenvalue weighted by Gasteiger charge is 2.25. The third kappa shape index (κ3) is 5.08. The van der Waals surface area contributed by atoms with E-state index in [2.05, 4.69) is 15.6 Å². The van der Waals surface area contributed by atoms with Crippen molar-refractivity contribution in [3.63, 3.8) is 0 Å². The van der Waals surface area contributed by atoms with Gasteiger partial charge >= 0.3 is 12.0 Å². The minimum absolute atomic E-state index is 0.0556. The van der Waals surface area contributed by atoms with Gasteiger partial charge in [-0.2, -0.15) is 0 Å². The van der Waals surface area contributed by atoms with E-state index in [1.54, 1.807) is 50.4 Å². The fraction of sp³-hybridized carbons (Fsp3) is 0.167. The molecule has 0 unspecified atom stereocenters. The van der Waals surface area contributed by atoms with E-state index in [0.717, 1.165) is 11.3 Å². The normalized spacial score (nSPS) is 12.5. The van der Waals surface area contributed by atoms with Crippen molar-refractivity contribution < 1.29 is 24.0 Å². The minimum atomic E-state index is -0.630. The highest BCUT2D eigenvalue weighted by molar-refractivity contribution is 7.20. The first-order valence-corrected chi connectivity index (χ1v) is 11.7. The van der Waals surface area contributed by atoms with Gasteiger partial charge in [0, 0.05) is 29.6 Å². The smallest absolute Gasteiger partial charge is 0.341 e. The molecule has 1 aromatic carbocycles. The zero-order chi connectivity index (χ0) is 25.8. The van der Waals surface area contributed by atoms with Crippen molar-refractivity contribution in [3.8, 4) is 10.4 Å². The van der Waals surface area contributed by atoms with Gasteiger partial charge in [-0.3, -0.25) is 30.4 Å². The molecule has 3 aromatic rings. The van der Waals surface area contributed by atoms with Gasteiger partial charge in [-0.05, 0) is 49.2 Å². The first-order valence-electron chi connectivity index (χ1n) is 10.9. The second-order valence-corrected chi connectivity index (χ2v) is 8.64. The molecular formula is C24H21N5O6S. The molecule has 3 amide bonds. The van der Waals surface area contributed by atoms with Crippen LogP contribution in [0.15, 0.2) is 54.9 Å². The molecule has 0 aliphatic carbocycles. The number of esters is 1. The van der Waals surface area contributed by atoms with Crippen LogP contribution in [0.5, 0.6) is 0 Å². The summed E-state index contributed by atoms with van der Waals surface area (Å²) in [6, 6.07) is 8.50. The summed E-state index contributed by atoms with van der Waals surface area (Å²) in [5.41, 5.74) is 1.96. The second kappa shape index (κ2) is 10.4. The maximum Gasteiger partial charge on any atom is 0.341 e. The zero-order valence-electron chi connectivity index (χ0n) is 19.3. The number of thiophene rings is 1. The number of rotatable bonds is 7. The van der Waals surface area contributed by atoms with Gasteiger partial charge in [-0.1, -0.05) is 6.08 Å². The van der Waals surface area contributed by atoms with E-state index < -0.39 is 16.9 Å². The van der Waals surface area contributed by atoms with Crippen LogP contribution in [0.3, 0.4) is 0 Å². The maximum absolute atomic E-state index is 12.7. The largest absolute Gasteiger partial charge is 0.462 e. The maximum atomic E-state index is 12.7. The summed E-state index contributed by atoms with van der Waals surface area (Å²) in [5, 5.41) is 16.5. The van der Waals surface area contributed by atoms with Crippen LogP contribution in [0.2, 0.25) is 0 Å². The Labute approximate surface area is 209 Å². The lowest BCUT2D eigenvalue weighted by atomic mass is 10.1. The van der Waals surface area contributed by atoms with E-state index in [9.17, 15) is 24.5 Å². The Hall–Kier alpha value is -4.58. The number of hydrogen-bond donors (Lipinski definition) is 2. The molecule has 1 aliphatic rings. The number of urea groups is 1. The Kier molecular flexibility index (Phi) is 7.06. The summed E-state index contributed by atoms with van der Waals surface area (Å²) < 4.78 is 5.18. The van der Waals surface area contributed by atoms with Gasteiger partial charge in [-0.15, -0.1) is 11.3 Å². The van der Waals surface area contributed by atoms with Crippen molar-refractivity contribution in [2.45, 2.75) is 20.3 Å². The van der Waals surface area contributed by atoms with Crippen LogP contribution < -0.4 is 15.5 Å². The molecule has 0 atom stereocenters. The van der Waals surface area contributed by atoms with Crippen LogP contribution >= 0.6 is 11.3 Å². The van der Waals surface area contributed by atoms with E-state index in [0.29, 0.717) is 28.1 Å². The van der Waals surface area contributed by atoms with Gasteiger partial charge in [0.05, 0.1) is 29.0 Å². The second-order valence-electron chi connectivity index (χ2n) is 7.62. The molecule has 3 heterocycles. The van der Waals surface area contributed by atoms with E-state index >= 15 is 0 Å². The fourth-order valence-corrected chi connectivity index (χ4v) is 4.78. The first kappa shape index (κ1) is 24.5. The Balaban J connectivity index is 1.56. The standard InChI is InChI=1S/C24H21N5O6S/c1-3-35-23(31)20-14(2)21(15-6-8-16(9-7-15)29(33)34)36-22(20)27-24(32)26-18-11-10-17(13-25-18)28-12-4-5-19(28)30/h4,6-13H,3,5H2,1-2H3,(H2,25,26,27,32). The van der Waals surface area contributed by atoms with E-state index in [4.69, 9.17) is 4.74 Å². The number of aromatic nitrogens is 1. The molecule has 184 valence electrons. The average Bonchev–Trinajstić information content (AvgIpc) is 3.42. The van der Waals surface area contributed by atoms with Gasteiger partial charge in [0.2, 0.25) is 5.91 Å². The number of nitrogens with one attached hydrogen (secondary N) is 2. The number of ether oxygens (including phenoxy) is 1. The summed E-state index contributed by atoms with van der Waals surface area (Å²) in [7, 11) is 0. The quantitative estimate of drug-likeness (QED) is 0.257. The summed E-state index contributed by atoms with van der Waals surface area (Å²) in [6.07, 6.45) is 5.21. The Morgan fingerprint density at radius 2 is 1.94 bits per heavy atom. The molecule has 0 saturated carbocycles. The van der Waals surface area contributed by atoms with Crippen LogP contribution in [-0.2, 0) is 9.53 Å². The predicted molar refractivity (Wildman–Crippen MR) is 135 cm³/mol. The molecule has 36 heavy (non-hydrogen) atoms. The molecular weight excluding hydrogens is 486 g/mol. The number of nitro benzene ring substituents is 1. The van der Waals surface area contributed by atoms with Crippen LogP contribution in [0, 0.1) is 17.0 Å². The molecule has 0 bridgehead atoms. The molecule has 2 aromatic heterocycles. The average molecular weight is 508 g/mol. The molecule has 0 saturated heterocycles. The number of carbonyl (C=O) groups excluding carboxylic acids is 3. The number of amides is 3. The number of nitrogens with zero attached hydrogens (tertiary/aromatic N) is 3. The summed E-state index contributed by atoms with van der Waals surface area (Å²) >= 11 is 1.15. The Morgan fingerprint density at radius 1 is 1.19 bits per heavy atom. The molecule has 12 heteroatoms. The number of hydrogen-bond acceptors (Lipinski definition) is 8. The van der Waals surface area contributed by atoms with Gasteiger partial charge in [-0.25, -0.2) is 14.6 Å². The molecule has 4 rings (SSSR count). The predicted octanol–water partition coefficient (Wildman–Crippen LogP) is 5.10. The summed E-state index contributed by atoms with van der Waals surface area (Å²) in [6.45, 7) is 3.55. The lowest BCUT2D eigenvalue weighted by Gasteiger charge is -2.13. The topological polar surface area (TPSA) is 144 Å². The molecule has 1 aliphatic heterocycles.